The molecule has 102 valence electrons. The zero-order valence-electron chi connectivity index (χ0n) is 10.8. The Morgan fingerprint density at radius 1 is 1.53 bits per heavy atom. The third kappa shape index (κ3) is 2.66. The second-order valence-corrected chi connectivity index (χ2v) is 5.16. The number of aryl methyl sites for hydroxylation is 1. The number of hydrogen-bond acceptors (Lipinski definition) is 5. The van der Waals surface area contributed by atoms with Crippen molar-refractivity contribution in [1.29, 1.82) is 0 Å². The fourth-order valence-corrected chi connectivity index (χ4v) is 2.86. The molecule has 0 unspecified atom stereocenters. The topological polar surface area (TPSA) is 98.1 Å². The summed E-state index contributed by atoms with van der Waals surface area (Å²) < 4.78 is 5.34. The molecule has 0 aliphatic carbocycles. The van der Waals surface area contributed by atoms with Gasteiger partial charge < -0.3 is 15.5 Å². The molecule has 0 saturated heterocycles. The van der Waals surface area contributed by atoms with E-state index in [0.29, 0.717) is 33.1 Å². The molecule has 0 saturated carbocycles. The minimum atomic E-state index is -0.538. The number of nitrogens with two attached hydrogens (primary N) is 1. The van der Waals surface area contributed by atoms with Crippen molar-refractivity contribution < 1.29 is 9.53 Å². The van der Waals surface area contributed by atoms with Gasteiger partial charge in [0.25, 0.3) is 11.5 Å². The number of rotatable bonds is 5. The number of amides is 1. The summed E-state index contributed by atoms with van der Waals surface area (Å²) in [5.74, 6) is -0.0769. The molecule has 0 spiro atoms. The number of H-pyrrole nitrogens is 1. The van der Waals surface area contributed by atoms with Crippen LogP contribution in [0.5, 0.6) is 0 Å². The van der Waals surface area contributed by atoms with Gasteiger partial charge in [-0.25, -0.2) is 4.98 Å². The van der Waals surface area contributed by atoms with Gasteiger partial charge in [-0.1, -0.05) is 6.92 Å². The van der Waals surface area contributed by atoms with Crippen LogP contribution in [0, 0.1) is 6.92 Å². The number of nitrogens with one attached hydrogen (secondary N) is 1. The van der Waals surface area contributed by atoms with Crippen LogP contribution in [0.2, 0.25) is 0 Å². The van der Waals surface area contributed by atoms with E-state index in [0.717, 1.165) is 17.8 Å². The van der Waals surface area contributed by atoms with Crippen molar-refractivity contribution >= 4 is 27.5 Å². The van der Waals surface area contributed by atoms with E-state index in [4.69, 9.17) is 10.5 Å². The number of primary amides is 1. The van der Waals surface area contributed by atoms with Crippen molar-refractivity contribution in [3.63, 3.8) is 0 Å². The lowest BCUT2D eigenvalue weighted by Crippen LogP contribution is -2.13. The van der Waals surface area contributed by atoms with Gasteiger partial charge >= 0.3 is 0 Å². The lowest BCUT2D eigenvalue weighted by molar-refractivity contribution is 0.100. The number of fused-ring (bicyclic) bond motifs is 1. The predicted octanol–water partition coefficient (Wildman–Crippen LogP) is 1.32. The highest BCUT2D eigenvalue weighted by atomic mass is 32.1. The van der Waals surface area contributed by atoms with Crippen LogP contribution in [0.15, 0.2) is 4.79 Å². The van der Waals surface area contributed by atoms with E-state index in [1.807, 2.05) is 6.92 Å². The van der Waals surface area contributed by atoms with E-state index in [1.165, 1.54) is 0 Å². The minimum Gasteiger partial charge on any atom is -0.374 e. The van der Waals surface area contributed by atoms with E-state index in [-0.39, 0.29) is 12.2 Å². The van der Waals surface area contributed by atoms with Crippen LogP contribution in [-0.4, -0.2) is 22.5 Å². The van der Waals surface area contributed by atoms with Gasteiger partial charge in [-0.3, -0.25) is 9.59 Å². The van der Waals surface area contributed by atoms with Gasteiger partial charge in [-0.05, 0) is 18.9 Å². The number of thiophene rings is 1. The molecule has 1 amide bonds. The zero-order valence-corrected chi connectivity index (χ0v) is 11.6. The smallest absolute Gasteiger partial charge is 0.260 e. The van der Waals surface area contributed by atoms with Gasteiger partial charge in [-0.15, -0.1) is 11.3 Å². The summed E-state index contributed by atoms with van der Waals surface area (Å²) in [6.07, 6.45) is 0.899. The Hall–Kier alpha value is -1.73. The van der Waals surface area contributed by atoms with Gasteiger partial charge in [0.1, 0.15) is 17.3 Å². The molecule has 0 fully saturated rings. The highest BCUT2D eigenvalue weighted by Gasteiger charge is 2.17. The molecular weight excluding hydrogens is 266 g/mol. The Balaban J connectivity index is 2.46. The van der Waals surface area contributed by atoms with E-state index < -0.39 is 5.91 Å². The Kier molecular flexibility index (Phi) is 3.96. The summed E-state index contributed by atoms with van der Waals surface area (Å²) in [4.78, 5) is 31.1. The summed E-state index contributed by atoms with van der Waals surface area (Å²) >= 11 is 1.14. The number of carbonyl (C=O) groups is 1. The molecule has 0 atom stereocenters. The number of aromatic amines is 1. The lowest BCUT2D eigenvalue weighted by atomic mass is 10.2. The number of carbonyl (C=O) groups excluding carboxylic acids is 1. The zero-order chi connectivity index (χ0) is 14.0. The molecule has 2 heterocycles. The third-order valence-corrected chi connectivity index (χ3v) is 3.86. The number of nitrogens with zero attached hydrogens (tertiary/aromatic N) is 1. The SMILES string of the molecule is CCCOCc1nc2sc(C(N)=O)c(C)c2c(=O)[nH]1. The van der Waals surface area contributed by atoms with Gasteiger partial charge in [0.05, 0.1) is 10.3 Å². The van der Waals surface area contributed by atoms with Crippen LogP contribution >= 0.6 is 11.3 Å². The molecule has 2 aromatic rings. The third-order valence-electron chi connectivity index (χ3n) is 2.66. The molecule has 0 aliphatic heterocycles. The first kappa shape index (κ1) is 13.7. The van der Waals surface area contributed by atoms with Crippen molar-refractivity contribution in [2.75, 3.05) is 6.61 Å². The molecule has 19 heavy (non-hydrogen) atoms. The first-order valence-electron chi connectivity index (χ1n) is 5.94. The maximum atomic E-state index is 12.0. The van der Waals surface area contributed by atoms with Crippen LogP contribution in [0.1, 0.15) is 34.4 Å². The van der Waals surface area contributed by atoms with Crippen LogP contribution in [0.3, 0.4) is 0 Å². The second-order valence-electron chi connectivity index (χ2n) is 4.17. The second kappa shape index (κ2) is 5.50. The Labute approximate surface area is 113 Å². The predicted molar refractivity (Wildman–Crippen MR) is 73.4 cm³/mol. The molecule has 0 aromatic carbocycles. The molecule has 2 aromatic heterocycles. The van der Waals surface area contributed by atoms with Gasteiger partial charge in [0, 0.05) is 6.61 Å². The van der Waals surface area contributed by atoms with E-state index in [2.05, 4.69) is 9.97 Å². The molecule has 7 heteroatoms. The lowest BCUT2D eigenvalue weighted by Gasteiger charge is -2.01. The highest BCUT2D eigenvalue weighted by Crippen LogP contribution is 2.26. The van der Waals surface area contributed by atoms with Gasteiger partial charge in [0.15, 0.2) is 0 Å². The maximum absolute atomic E-state index is 12.0. The van der Waals surface area contributed by atoms with Crippen LogP contribution in [-0.2, 0) is 11.3 Å². The van der Waals surface area contributed by atoms with Crippen molar-refractivity contribution in [3.05, 3.63) is 26.6 Å². The normalized spacial score (nSPS) is 11.1. The first-order chi connectivity index (χ1) is 9.04. The molecular formula is C12H15N3O3S. The van der Waals surface area contributed by atoms with Gasteiger partial charge in [0.2, 0.25) is 0 Å². The van der Waals surface area contributed by atoms with Crippen molar-refractivity contribution in [2.24, 2.45) is 5.73 Å². The summed E-state index contributed by atoms with van der Waals surface area (Å²) in [7, 11) is 0. The first-order valence-corrected chi connectivity index (χ1v) is 6.76. The summed E-state index contributed by atoms with van der Waals surface area (Å²) in [5, 5.41) is 0.429. The Morgan fingerprint density at radius 3 is 2.89 bits per heavy atom. The number of aromatic nitrogens is 2. The summed E-state index contributed by atoms with van der Waals surface area (Å²) in [6, 6.07) is 0. The molecule has 2 rings (SSSR count). The quantitative estimate of drug-likeness (QED) is 0.807. The van der Waals surface area contributed by atoms with Crippen molar-refractivity contribution in [1.82, 2.24) is 9.97 Å². The molecule has 0 bridgehead atoms. The fraction of sp³-hybridized carbons (Fsp3) is 0.417. The molecule has 3 N–H and O–H groups in total. The van der Waals surface area contributed by atoms with E-state index >= 15 is 0 Å². The van der Waals surface area contributed by atoms with Crippen LogP contribution in [0.4, 0.5) is 0 Å². The Morgan fingerprint density at radius 2 is 2.26 bits per heavy atom. The summed E-state index contributed by atoms with van der Waals surface area (Å²) in [6.45, 7) is 4.56. The van der Waals surface area contributed by atoms with E-state index in [9.17, 15) is 9.59 Å². The van der Waals surface area contributed by atoms with Gasteiger partial charge in [-0.2, -0.15) is 0 Å². The maximum Gasteiger partial charge on any atom is 0.260 e. The van der Waals surface area contributed by atoms with E-state index in [1.54, 1.807) is 6.92 Å². The molecule has 6 nitrogen and oxygen atoms in total. The van der Waals surface area contributed by atoms with Crippen molar-refractivity contribution in [2.45, 2.75) is 26.9 Å². The van der Waals surface area contributed by atoms with Crippen LogP contribution < -0.4 is 11.3 Å². The average Bonchev–Trinajstić information content (AvgIpc) is 2.67. The monoisotopic (exact) mass is 281 g/mol. The van der Waals surface area contributed by atoms with Crippen LogP contribution in [0.25, 0.3) is 10.2 Å². The standard InChI is InChI=1S/C12H15N3O3S/c1-3-4-18-5-7-14-11(17)8-6(2)9(10(13)16)19-12(8)15-7/h3-5H2,1-2H3,(H2,13,16)(H,14,15,17). The van der Waals surface area contributed by atoms with Crippen molar-refractivity contribution in [3.8, 4) is 0 Å². The molecule has 0 radical (unpaired) electrons. The fourth-order valence-electron chi connectivity index (χ4n) is 1.81. The Bertz CT molecular complexity index is 675. The average molecular weight is 281 g/mol. The summed E-state index contributed by atoms with van der Waals surface area (Å²) in [5.41, 5.74) is 5.59. The number of ether oxygens (including phenoxy) is 1. The molecule has 0 aliphatic rings. The minimum absolute atomic E-state index is 0.252. The highest BCUT2D eigenvalue weighted by molar-refractivity contribution is 7.20. The number of hydrogen-bond donors (Lipinski definition) is 2. The largest absolute Gasteiger partial charge is 0.374 e.